The van der Waals surface area contributed by atoms with Gasteiger partial charge in [0.25, 0.3) is 5.56 Å². The summed E-state index contributed by atoms with van der Waals surface area (Å²) < 4.78 is 6.89. The summed E-state index contributed by atoms with van der Waals surface area (Å²) in [5.74, 6) is -0.375. The second kappa shape index (κ2) is 8.09. The van der Waals surface area contributed by atoms with Crippen LogP contribution in [0.2, 0.25) is 0 Å². The maximum Gasteiger partial charge on any atom is 0.343 e. The van der Waals surface area contributed by atoms with E-state index in [1.54, 1.807) is 17.6 Å². The molecular weight excluding hydrogens is 446 g/mol. The van der Waals surface area contributed by atoms with Gasteiger partial charge in [0.05, 0.1) is 29.0 Å². The molecule has 1 fully saturated rings. The predicted molar refractivity (Wildman–Crippen MR) is 130 cm³/mol. The van der Waals surface area contributed by atoms with Gasteiger partial charge in [-0.3, -0.25) is 4.79 Å². The molecule has 6 rings (SSSR count). The molecule has 1 aliphatic carbocycles. The van der Waals surface area contributed by atoms with Crippen LogP contribution in [0, 0.1) is 4.91 Å². The minimum Gasteiger partial charge on any atom is -0.458 e. The summed E-state index contributed by atoms with van der Waals surface area (Å²) in [6, 6.07) is 7.57. The summed E-state index contributed by atoms with van der Waals surface area (Å²) >= 11 is 0. The molecule has 3 aliphatic rings. The van der Waals surface area contributed by atoms with E-state index in [9.17, 15) is 19.6 Å². The molecule has 0 bridgehead atoms. The van der Waals surface area contributed by atoms with Gasteiger partial charge in [-0.25, -0.2) is 9.78 Å². The maximum absolute atomic E-state index is 13.6. The van der Waals surface area contributed by atoms with Gasteiger partial charge in [-0.2, -0.15) is 4.91 Å². The fraction of sp³-hybridized carbons (Fsp3) is 0.444. The number of cyclic esters (lactones) is 1. The Hall–Kier alpha value is -3.39. The number of nitroso groups, excluding NO2 is 1. The zero-order valence-electron chi connectivity index (χ0n) is 19.7. The molecule has 0 radical (unpaired) electrons. The zero-order valence-corrected chi connectivity index (χ0v) is 19.7. The van der Waals surface area contributed by atoms with Crippen molar-refractivity contribution >= 4 is 16.9 Å². The molecule has 0 spiro atoms. The van der Waals surface area contributed by atoms with Crippen molar-refractivity contribution in [2.24, 2.45) is 5.18 Å². The highest BCUT2D eigenvalue weighted by atomic mass is 16.6. The van der Waals surface area contributed by atoms with Crippen LogP contribution in [0.1, 0.15) is 79.2 Å². The van der Waals surface area contributed by atoms with E-state index in [2.05, 4.69) is 5.18 Å². The average Bonchev–Trinajstić information content (AvgIpc) is 3.24. The smallest absolute Gasteiger partial charge is 0.343 e. The van der Waals surface area contributed by atoms with Gasteiger partial charge >= 0.3 is 5.97 Å². The third kappa shape index (κ3) is 3.19. The average molecular weight is 474 g/mol. The zero-order chi connectivity index (χ0) is 24.3. The second-order valence-electron chi connectivity index (χ2n) is 9.93. The normalized spacial score (nSPS) is 21.4. The third-order valence-electron chi connectivity index (χ3n) is 8.06. The Morgan fingerprint density at radius 2 is 1.97 bits per heavy atom. The number of carbonyl (C=O) groups is 1. The maximum atomic E-state index is 13.6. The number of rotatable bonds is 4. The molecule has 0 saturated heterocycles. The summed E-state index contributed by atoms with van der Waals surface area (Å²) in [4.78, 5) is 42.0. The molecular formula is C27H27N3O5. The van der Waals surface area contributed by atoms with Gasteiger partial charge in [0.1, 0.15) is 13.2 Å². The van der Waals surface area contributed by atoms with Crippen LogP contribution in [0.5, 0.6) is 0 Å². The number of hydrogen-bond donors (Lipinski definition) is 1. The van der Waals surface area contributed by atoms with Crippen LogP contribution >= 0.6 is 0 Å². The lowest BCUT2D eigenvalue weighted by atomic mass is 9.80. The number of aliphatic hydroxyl groups is 1. The number of nitrogens with zero attached hydrogens (tertiary/aromatic N) is 3. The number of hydrogen-bond acceptors (Lipinski definition) is 7. The fourth-order valence-corrected chi connectivity index (χ4v) is 6.19. The lowest BCUT2D eigenvalue weighted by molar-refractivity contribution is -0.172. The van der Waals surface area contributed by atoms with Crippen molar-refractivity contribution in [2.45, 2.75) is 76.7 Å². The highest BCUT2D eigenvalue weighted by Gasteiger charge is 2.45. The van der Waals surface area contributed by atoms with Gasteiger partial charge in [0, 0.05) is 16.5 Å². The van der Waals surface area contributed by atoms with Crippen LogP contribution in [0.4, 0.5) is 0 Å². The molecule has 0 unspecified atom stereocenters. The third-order valence-corrected chi connectivity index (χ3v) is 8.06. The first-order chi connectivity index (χ1) is 17.0. The quantitative estimate of drug-likeness (QED) is 0.348. The molecule has 35 heavy (non-hydrogen) atoms. The Bertz CT molecular complexity index is 1450. The van der Waals surface area contributed by atoms with E-state index in [1.165, 1.54) is 12.0 Å². The lowest BCUT2D eigenvalue weighted by Gasteiger charge is -2.31. The van der Waals surface area contributed by atoms with Crippen LogP contribution < -0.4 is 5.56 Å². The number of fused-ring (bicyclic) bond motifs is 5. The Labute approximate surface area is 201 Å². The van der Waals surface area contributed by atoms with Crippen molar-refractivity contribution in [3.63, 3.8) is 0 Å². The van der Waals surface area contributed by atoms with Gasteiger partial charge in [0.15, 0.2) is 5.60 Å². The minimum absolute atomic E-state index is 0.104. The summed E-state index contributed by atoms with van der Waals surface area (Å²) in [6.07, 6.45) is 5.79. The molecule has 3 aromatic rings. The van der Waals surface area contributed by atoms with Gasteiger partial charge in [0.2, 0.25) is 0 Å². The van der Waals surface area contributed by atoms with Crippen LogP contribution in [-0.4, -0.2) is 20.6 Å². The standard InChI is InChI=1S/C27H27N3O5/c1-2-27(33)20-11-22-24-18(13-30(22)25(31)19(20)14-35-26(27)32)23(16-6-4-3-5-7-16)17-10-15(12-28-34)8-9-21(17)29-24/h8-11,16,33H,2-7,12-14H2,1H3/t27-/m0/s1. The van der Waals surface area contributed by atoms with Crippen LogP contribution in [0.3, 0.4) is 0 Å². The van der Waals surface area contributed by atoms with E-state index >= 15 is 0 Å². The van der Waals surface area contributed by atoms with Crippen molar-refractivity contribution < 1.29 is 14.6 Å². The van der Waals surface area contributed by atoms with Gasteiger partial charge in [-0.1, -0.05) is 37.4 Å². The Morgan fingerprint density at radius 1 is 1.17 bits per heavy atom. The lowest BCUT2D eigenvalue weighted by Crippen LogP contribution is -2.44. The molecule has 0 amide bonds. The monoisotopic (exact) mass is 473 g/mol. The molecule has 8 nitrogen and oxygen atoms in total. The SMILES string of the molecule is CC[C@@]1(O)C(=O)OCc2c1cc1n(c2=O)Cc2c-1nc1ccc(CN=O)cc1c2C1CCCCC1. The molecule has 8 heteroatoms. The highest BCUT2D eigenvalue weighted by molar-refractivity contribution is 5.90. The number of aromatic nitrogens is 2. The van der Waals surface area contributed by atoms with Crippen LogP contribution in [-0.2, 0) is 34.8 Å². The first-order valence-corrected chi connectivity index (χ1v) is 12.4. The van der Waals surface area contributed by atoms with Gasteiger partial charge < -0.3 is 14.4 Å². The Balaban J connectivity index is 1.62. The predicted octanol–water partition coefficient (Wildman–Crippen LogP) is 4.39. The Morgan fingerprint density at radius 3 is 2.71 bits per heavy atom. The van der Waals surface area contributed by atoms with Crippen molar-refractivity contribution in [1.29, 1.82) is 0 Å². The van der Waals surface area contributed by atoms with E-state index in [0.29, 0.717) is 29.3 Å². The number of esters is 1. The van der Waals surface area contributed by atoms with Crippen LogP contribution in [0.15, 0.2) is 34.2 Å². The summed E-state index contributed by atoms with van der Waals surface area (Å²) in [7, 11) is 0. The van der Waals surface area contributed by atoms with Gasteiger partial charge in [-0.05, 0) is 54.5 Å². The Kier molecular flexibility index (Phi) is 5.11. The number of benzene rings is 1. The van der Waals surface area contributed by atoms with E-state index in [-0.39, 0.29) is 25.1 Å². The second-order valence-corrected chi connectivity index (χ2v) is 9.93. The van der Waals surface area contributed by atoms with E-state index in [1.807, 2.05) is 18.2 Å². The highest BCUT2D eigenvalue weighted by Crippen LogP contribution is 2.45. The molecule has 1 atom stereocenters. The molecule has 1 saturated carbocycles. The van der Waals surface area contributed by atoms with E-state index < -0.39 is 11.6 Å². The number of pyridine rings is 2. The molecule has 2 aliphatic heterocycles. The fourth-order valence-electron chi connectivity index (χ4n) is 6.19. The first-order valence-electron chi connectivity index (χ1n) is 12.4. The summed E-state index contributed by atoms with van der Waals surface area (Å²) in [5, 5.41) is 15.2. The van der Waals surface area contributed by atoms with E-state index in [0.717, 1.165) is 53.4 Å². The molecule has 4 heterocycles. The van der Waals surface area contributed by atoms with Crippen LogP contribution in [0.25, 0.3) is 22.3 Å². The summed E-state index contributed by atoms with van der Waals surface area (Å²) in [5.41, 5.74) is 3.80. The molecule has 180 valence electrons. The van der Waals surface area contributed by atoms with E-state index in [4.69, 9.17) is 9.72 Å². The topological polar surface area (TPSA) is 111 Å². The van der Waals surface area contributed by atoms with Gasteiger partial charge in [-0.15, -0.1) is 0 Å². The van der Waals surface area contributed by atoms with Crippen molar-refractivity contribution in [1.82, 2.24) is 9.55 Å². The van der Waals surface area contributed by atoms with Crippen molar-refractivity contribution in [3.05, 3.63) is 67.3 Å². The number of carbonyl (C=O) groups excluding carboxylic acids is 1. The number of ether oxygens (including phenoxy) is 1. The molecule has 2 aromatic heterocycles. The van der Waals surface area contributed by atoms with Crippen molar-refractivity contribution in [3.8, 4) is 11.4 Å². The largest absolute Gasteiger partial charge is 0.458 e. The summed E-state index contributed by atoms with van der Waals surface area (Å²) in [6.45, 7) is 2.06. The molecule has 1 N–H and O–H groups in total. The minimum atomic E-state index is -1.84. The first kappa shape index (κ1) is 22.1. The molecule has 1 aromatic carbocycles. The van der Waals surface area contributed by atoms with Crippen molar-refractivity contribution in [2.75, 3.05) is 0 Å².